The quantitative estimate of drug-likeness (QED) is 0.793. The molecule has 2 rings (SSSR count). The van der Waals surface area contributed by atoms with E-state index in [1.807, 2.05) is 22.6 Å². The molecule has 0 aromatic heterocycles. The van der Waals surface area contributed by atoms with Crippen LogP contribution in [0.25, 0.3) is 0 Å². The minimum absolute atomic E-state index is 0.00446. The van der Waals surface area contributed by atoms with E-state index in [1.54, 1.807) is 12.1 Å². The van der Waals surface area contributed by atoms with Crippen molar-refractivity contribution in [3.8, 4) is 5.75 Å². The van der Waals surface area contributed by atoms with Crippen LogP contribution in [0.4, 0.5) is 8.78 Å². The van der Waals surface area contributed by atoms with E-state index < -0.39 is 17.5 Å². The molecule has 104 valence electrons. The number of hydrogen-bond donors (Lipinski definition) is 2. The first-order valence-electron chi connectivity index (χ1n) is 5.68. The summed E-state index contributed by atoms with van der Waals surface area (Å²) in [7, 11) is 0. The van der Waals surface area contributed by atoms with Crippen molar-refractivity contribution in [1.29, 1.82) is 0 Å². The van der Waals surface area contributed by atoms with Crippen molar-refractivity contribution in [3.05, 3.63) is 62.7 Å². The van der Waals surface area contributed by atoms with Crippen molar-refractivity contribution in [2.45, 2.75) is 6.54 Å². The molecule has 0 atom stereocenters. The fraction of sp³-hybridized carbons (Fsp3) is 0.0714. The fourth-order valence-corrected chi connectivity index (χ4v) is 1.95. The van der Waals surface area contributed by atoms with Crippen molar-refractivity contribution in [1.82, 2.24) is 5.32 Å². The first-order chi connectivity index (χ1) is 9.47. The SMILES string of the molecule is O=C(NCc1cc(F)ccc1F)c1ccc(I)c(O)c1. The topological polar surface area (TPSA) is 49.3 Å². The van der Waals surface area contributed by atoms with E-state index in [-0.39, 0.29) is 23.4 Å². The maximum absolute atomic E-state index is 13.4. The van der Waals surface area contributed by atoms with Crippen LogP contribution in [0.1, 0.15) is 15.9 Å². The predicted molar refractivity (Wildman–Crippen MR) is 78.4 cm³/mol. The van der Waals surface area contributed by atoms with Crippen LogP contribution in [-0.4, -0.2) is 11.0 Å². The largest absolute Gasteiger partial charge is 0.507 e. The van der Waals surface area contributed by atoms with Gasteiger partial charge in [0.15, 0.2) is 0 Å². The zero-order valence-electron chi connectivity index (χ0n) is 10.2. The minimum atomic E-state index is -0.586. The highest BCUT2D eigenvalue weighted by Gasteiger charge is 2.10. The summed E-state index contributed by atoms with van der Waals surface area (Å²) in [6.07, 6.45) is 0. The molecule has 2 N–H and O–H groups in total. The number of carbonyl (C=O) groups is 1. The highest BCUT2D eigenvalue weighted by atomic mass is 127. The van der Waals surface area contributed by atoms with Gasteiger partial charge in [0.2, 0.25) is 0 Å². The number of amides is 1. The Morgan fingerprint density at radius 3 is 2.65 bits per heavy atom. The van der Waals surface area contributed by atoms with Crippen LogP contribution in [0.3, 0.4) is 0 Å². The first-order valence-corrected chi connectivity index (χ1v) is 6.76. The van der Waals surface area contributed by atoms with Crippen LogP contribution < -0.4 is 5.32 Å². The lowest BCUT2D eigenvalue weighted by Gasteiger charge is -2.07. The number of phenolic OH excluding ortho intramolecular Hbond substituents is 1. The second kappa shape index (κ2) is 6.17. The smallest absolute Gasteiger partial charge is 0.251 e. The summed E-state index contributed by atoms with van der Waals surface area (Å²) in [5.41, 5.74) is 0.313. The number of aromatic hydroxyl groups is 1. The molecule has 0 fully saturated rings. The average molecular weight is 389 g/mol. The summed E-state index contributed by atoms with van der Waals surface area (Å²) in [5, 5.41) is 12.0. The van der Waals surface area contributed by atoms with Crippen molar-refractivity contribution in [2.75, 3.05) is 0 Å². The summed E-state index contributed by atoms with van der Waals surface area (Å²) in [5.74, 6) is -1.63. The molecule has 0 aliphatic heterocycles. The van der Waals surface area contributed by atoms with Gasteiger partial charge >= 0.3 is 0 Å². The molecule has 20 heavy (non-hydrogen) atoms. The standard InChI is InChI=1S/C14H10F2INO2/c15-10-2-3-11(16)9(5-10)7-18-14(20)8-1-4-12(17)13(19)6-8/h1-6,19H,7H2,(H,18,20). The number of carbonyl (C=O) groups excluding carboxylic acids is 1. The summed E-state index contributed by atoms with van der Waals surface area (Å²) in [4.78, 5) is 11.8. The molecule has 2 aromatic rings. The van der Waals surface area contributed by atoms with E-state index in [0.29, 0.717) is 3.57 Å². The number of halogens is 3. The second-order valence-electron chi connectivity index (χ2n) is 4.08. The molecule has 0 saturated carbocycles. The van der Waals surface area contributed by atoms with E-state index in [0.717, 1.165) is 18.2 Å². The Morgan fingerprint density at radius 1 is 1.20 bits per heavy atom. The lowest BCUT2D eigenvalue weighted by atomic mass is 10.1. The van der Waals surface area contributed by atoms with E-state index >= 15 is 0 Å². The third-order valence-electron chi connectivity index (χ3n) is 2.66. The van der Waals surface area contributed by atoms with E-state index in [4.69, 9.17) is 0 Å². The summed E-state index contributed by atoms with van der Waals surface area (Å²) >= 11 is 1.93. The molecule has 2 aromatic carbocycles. The molecule has 1 amide bonds. The van der Waals surface area contributed by atoms with Crippen LogP contribution in [0, 0.1) is 15.2 Å². The van der Waals surface area contributed by atoms with Gasteiger partial charge in [0, 0.05) is 17.7 Å². The highest BCUT2D eigenvalue weighted by Crippen LogP contribution is 2.20. The zero-order chi connectivity index (χ0) is 14.7. The van der Waals surface area contributed by atoms with Gasteiger partial charge in [-0.1, -0.05) is 0 Å². The van der Waals surface area contributed by atoms with Crippen LogP contribution in [0.2, 0.25) is 0 Å². The van der Waals surface area contributed by atoms with Crippen molar-refractivity contribution in [2.24, 2.45) is 0 Å². The van der Waals surface area contributed by atoms with Crippen molar-refractivity contribution < 1.29 is 18.7 Å². The van der Waals surface area contributed by atoms with Gasteiger partial charge in [0.25, 0.3) is 5.91 Å². The summed E-state index contributed by atoms with van der Waals surface area (Å²) in [6.45, 7) is -0.130. The Bertz CT molecular complexity index is 662. The number of phenols is 1. The maximum atomic E-state index is 13.4. The monoisotopic (exact) mass is 389 g/mol. The molecule has 3 nitrogen and oxygen atoms in total. The molecule has 0 aliphatic rings. The summed E-state index contributed by atoms with van der Waals surface area (Å²) < 4.78 is 27.0. The van der Waals surface area contributed by atoms with Gasteiger partial charge in [-0.3, -0.25) is 4.79 Å². The Labute approximate surface area is 127 Å². The molecular weight excluding hydrogens is 379 g/mol. The molecule has 0 radical (unpaired) electrons. The minimum Gasteiger partial charge on any atom is -0.507 e. The highest BCUT2D eigenvalue weighted by molar-refractivity contribution is 14.1. The van der Waals surface area contributed by atoms with Gasteiger partial charge in [0.05, 0.1) is 3.57 Å². The molecule has 0 unspecified atom stereocenters. The van der Waals surface area contributed by atoms with Crippen LogP contribution in [-0.2, 0) is 6.54 Å². The maximum Gasteiger partial charge on any atom is 0.251 e. The van der Waals surface area contributed by atoms with E-state index in [1.165, 1.54) is 6.07 Å². The van der Waals surface area contributed by atoms with Crippen LogP contribution in [0.5, 0.6) is 5.75 Å². The number of rotatable bonds is 3. The first kappa shape index (κ1) is 14.7. The van der Waals surface area contributed by atoms with Crippen molar-refractivity contribution >= 4 is 28.5 Å². The Morgan fingerprint density at radius 2 is 1.95 bits per heavy atom. The second-order valence-corrected chi connectivity index (χ2v) is 5.25. The van der Waals surface area contributed by atoms with Gasteiger partial charge < -0.3 is 10.4 Å². The molecular formula is C14H10F2INO2. The zero-order valence-corrected chi connectivity index (χ0v) is 12.3. The third kappa shape index (κ3) is 3.44. The predicted octanol–water partition coefficient (Wildman–Crippen LogP) is 3.21. The third-order valence-corrected chi connectivity index (χ3v) is 3.57. The molecule has 0 aliphatic carbocycles. The normalized spacial score (nSPS) is 10.3. The van der Waals surface area contributed by atoms with E-state index in [9.17, 15) is 18.7 Å². The lowest BCUT2D eigenvalue weighted by molar-refractivity contribution is 0.0950. The van der Waals surface area contributed by atoms with Gasteiger partial charge in [-0.25, -0.2) is 8.78 Å². The molecule has 0 spiro atoms. The van der Waals surface area contributed by atoms with Gasteiger partial charge in [-0.05, 0) is 59.0 Å². The summed E-state index contributed by atoms with van der Waals surface area (Å²) in [6, 6.07) is 7.50. The molecule has 0 heterocycles. The van der Waals surface area contributed by atoms with Gasteiger partial charge in [0.1, 0.15) is 17.4 Å². The Kier molecular flexibility index (Phi) is 4.53. The van der Waals surface area contributed by atoms with E-state index in [2.05, 4.69) is 5.32 Å². The van der Waals surface area contributed by atoms with Gasteiger partial charge in [-0.2, -0.15) is 0 Å². The molecule has 0 bridgehead atoms. The average Bonchev–Trinajstić information content (AvgIpc) is 2.42. The Balaban J connectivity index is 2.08. The number of hydrogen-bond acceptors (Lipinski definition) is 2. The lowest BCUT2D eigenvalue weighted by Crippen LogP contribution is -2.23. The number of benzene rings is 2. The van der Waals surface area contributed by atoms with Crippen molar-refractivity contribution in [3.63, 3.8) is 0 Å². The molecule has 0 saturated heterocycles. The van der Waals surface area contributed by atoms with Crippen LogP contribution >= 0.6 is 22.6 Å². The van der Waals surface area contributed by atoms with Gasteiger partial charge in [-0.15, -0.1) is 0 Å². The Hall–Kier alpha value is -1.70. The fourth-order valence-electron chi connectivity index (χ4n) is 1.61. The van der Waals surface area contributed by atoms with Crippen LogP contribution in [0.15, 0.2) is 36.4 Å². The number of nitrogens with one attached hydrogen (secondary N) is 1. The molecule has 6 heteroatoms.